The molecule has 2 aliphatic rings. The minimum absolute atomic E-state index is 0.482. The molecule has 0 bridgehead atoms. The first-order valence-corrected chi connectivity index (χ1v) is 8.85. The van der Waals surface area contributed by atoms with E-state index in [-0.39, 0.29) is 0 Å². The van der Waals surface area contributed by atoms with Crippen LogP contribution in [0.25, 0.3) is 0 Å². The molecular weight excluding hydrogens is 302 g/mol. The lowest BCUT2D eigenvalue weighted by atomic mass is 10.00. The minimum Gasteiger partial charge on any atom is -0.381 e. The van der Waals surface area contributed by atoms with Crippen molar-refractivity contribution in [3.8, 4) is 0 Å². The van der Waals surface area contributed by atoms with Crippen LogP contribution in [0, 0.1) is 0 Å². The summed E-state index contributed by atoms with van der Waals surface area (Å²) in [4.78, 5) is 4.79. The molecule has 0 N–H and O–H groups in total. The molecule has 0 radical (unpaired) electrons. The lowest BCUT2D eigenvalue weighted by Gasteiger charge is -2.36. The van der Waals surface area contributed by atoms with Crippen LogP contribution < -0.4 is 9.80 Å². The number of hydrogen-bond donors (Lipinski definition) is 0. The predicted octanol–water partition coefficient (Wildman–Crippen LogP) is 2.04. The maximum Gasteiger partial charge on any atom is 0.227 e. The van der Waals surface area contributed by atoms with E-state index in [0.29, 0.717) is 5.92 Å². The van der Waals surface area contributed by atoms with Gasteiger partial charge in [0.1, 0.15) is 5.82 Å². The molecule has 3 heterocycles. The fourth-order valence-corrected chi connectivity index (χ4v) is 3.72. The molecule has 128 valence electrons. The third-order valence-corrected chi connectivity index (χ3v) is 5.16. The molecule has 0 unspecified atom stereocenters. The molecule has 1 aromatic carbocycles. The average molecular weight is 327 g/mol. The number of para-hydroxylation sites is 1. The van der Waals surface area contributed by atoms with Gasteiger partial charge in [-0.05, 0) is 25.0 Å². The zero-order chi connectivity index (χ0) is 16.4. The van der Waals surface area contributed by atoms with Crippen LogP contribution in [-0.4, -0.2) is 54.2 Å². The van der Waals surface area contributed by atoms with E-state index >= 15 is 0 Å². The Bertz CT molecular complexity index is 657. The Morgan fingerprint density at radius 3 is 2.29 bits per heavy atom. The first-order valence-electron chi connectivity index (χ1n) is 8.85. The molecule has 2 aliphatic heterocycles. The van der Waals surface area contributed by atoms with Crippen molar-refractivity contribution in [1.82, 2.24) is 14.8 Å². The Balaban J connectivity index is 1.43. The van der Waals surface area contributed by atoms with Crippen LogP contribution >= 0.6 is 0 Å². The van der Waals surface area contributed by atoms with Crippen LogP contribution in [-0.2, 0) is 11.8 Å². The van der Waals surface area contributed by atoms with Gasteiger partial charge in [-0.3, -0.25) is 0 Å². The zero-order valence-corrected chi connectivity index (χ0v) is 14.3. The summed E-state index contributed by atoms with van der Waals surface area (Å²) in [5.74, 6) is 2.60. The molecule has 4 rings (SSSR count). The van der Waals surface area contributed by atoms with Crippen molar-refractivity contribution in [1.29, 1.82) is 0 Å². The van der Waals surface area contributed by atoms with Gasteiger partial charge in [0, 0.05) is 58.0 Å². The highest BCUT2D eigenvalue weighted by Crippen LogP contribution is 2.27. The molecule has 6 heteroatoms. The standard InChI is InChI=1S/C18H25N5O/c1-21-17(15-7-13-24-14-8-15)19-20-18(21)23-11-9-22(10-12-23)16-5-3-2-4-6-16/h2-6,15H,7-14H2,1H3. The Labute approximate surface area is 143 Å². The summed E-state index contributed by atoms with van der Waals surface area (Å²) in [5, 5.41) is 8.99. The van der Waals surface area contributed by atoms with Crippen molar-refractivity contribution < 1.29 is 4.74 Å². The molecule has 0 atom stereocenters. The largest absolute Gasteiger partial charge is 0.381 e. The number of benzene rings is 1. The van der Waals surface area contributed by atoms with Gasteiger partial charge in [0.25, 0.3) is 0 Å². The summed E-state index contributed by atoms with van der Waals surface area (Å²) in [6.45, 7) is 5.67. The van der Waals surface area contributed by atoms with Gasteiger partial charge in [-0.15, -0.1) is 10.2 Å². The Morgan fingerprint density at radius 1 is 0.917 bits per heavy atom. The number of rotatable bonds is 3. The van der Waals surface area contributed by atoms with E-state index in [0.717, 1.165) is 64.0 Å². The van der Waals surface area contributed by atoms with E-state index in [4.69, 9.17) is 4.74 Å². The summed E-state index contributed by atoms with van der Waals surface area (Å²) < 4.78 is 7.65. The van der Waals surface area contributed by atoms with E-state index in [1.807, 2.05) is 0 Å². The van der Waals surface area contributed by atoms with Crippen LogP contribution in [0.2, 0.25) is 0 Å². The highest BCUT2D eigenvalue weighted by molar-refractivity contribution is 5.48. The van der Waals surface area contributed by atoms with Gasteiger partial charge in [0.05, 0.1) is 0 Å². The van der Waals surface area contributed by atoms with Gasteiger partial charge in [-0.25, -0.2) is 0 Å². The lowest BCUT2D eigenvalue weighted by molar-refractivity contribution is 0.0830. The van der Waals surface area contributed by atoms with Gasteiger partial charge < -0.3 is 19.1 Å². The zero-order valence-electron chi connectivity index (χ0n) is 14.3. The maximum absolute atomic E-state index is 5.46. The van der Waals surface area contributed by atoms with Crippen molar-refractivity contribution in [3.63, 3.8) is 0 Å². The first kappa shape index (κ1) is 15.4. The second-order valence-corrected chi connectivity index (χ2v) is 6.61. The second kappa shape index (κ2) is 6.81. The first-order chi connectivity index (χ1) is 11.8. The van der Waals surface area contributed by atoms with Gasteiger partial charge in [-0.2, -0.15) is 0 Å². The van der Waals surface area contributed by atoms with Crippen molar-refractivity contribution in [2.45, 2.75) is 18.8 Å². The molecule has 0 saturated carbocycles. The molecular formula is C18H25N5O. The molecule has 0 aliphatic carbocycles. The van der Waals surface area contributed by atoms with Crippen LogP contribution in [0.1, 0.15) is 24.6 Å². The summed E-state index contributed by atoms with van der Waals surface area (Å²) in [7, 11) is 2.10. The molecule has 2 saturated heterocycles. The summed E-state index contributed by atoms with van der Waals surface area (Å²) >= 11 is 0. The van der Waals surface area contributed by atoms with Crippen LogP contribution in [0.5, 0.6) is 0 Å². The average Bonchev–Trinajstić information content (AvgIpc) is 3.05. The Kier molecular flexibility index (Phi) is 4.38. The normalized spacial score (nSPS) is 19.7. The third-order valence-electron chi connectivity index (χ3n) is 5.16. The van der Waals surface area contributed by atoms with E-state index in [1.165, 1.54) is 5.69 Å². The number of piperazine rings is 1. The van der Waals surface area contributed by atoms with E-state index in [1.54, 1.807) is 0 Å². The SMILES string of the molecule is Cn1c(C2CCOCC2)nnc1N1CCN(c2ccccc2)CC1. The van der Waals surface area contributed by atoms with Crippen LogP contribution in [0.4, 0.5) is 11.6 Å². The highest BCUT2D eigenvalue weighted by atomic mass is 16.5. The van der Waals surface area contributed by atoms with Crippen molar-refractivity contribution in [3.05, 3.63) is 36.2 Å². The monoisotopic (exact) mass is 327 g/mol. The number of aromatic nitrogens is 3. The van der Waals surface area contributed by atoms with Gasteiger partial charge in [-0.1, -0.05) is 18.2 Å². The molecule has 2 fully saturated rings. The molecule has 0 amide bonds. The Morgan fingerprint density at radius 2 is 1.58 bits per heavy atom. The topological polar surface area (TPSA) is 46.4 Å². The third kappa shape index (κ3) is 2.98. The molecule has 0 spiro atoms. The molecule has 6 nitrogen and oxygen atoms in total. The van der Waals surface area contributed by atoms with E-state index in [9.17, 15) is 0 Å². The van der Waals surface area contributed by atoms with E-state index in [2.05, 4.69) is 61.9 Å². The smallest absolute Gasteiger partial charge is 0.227 e. The van der Waals surface area contributed by atoms with Crippen molar-refractivity contribution in [2.75, 3.05) is 49.2 Å². The summed E-state index contributed by atoms with van der Waals surface area (Å²) in [6, 6.07) is 10.6. The highest BCUT2D eigenvalue weighted by Gasteiger charge is 2.26. The minimum atomic E-state index is 0.482. The molecule has 1 aromatic heterocycles. The van der Waals surface area contributed by atoms with Crippen LogP contribution in [0.3, 0.4) is 0 Å². The lowest BCUT2D eigenvalue weighted by Crippen LogP contribution is -2.47. The molecule has 24 heavy (non-hydrogen) atoms. The van der Waals surface area contributed by atoms with E-state index < -0.39 is 0 Å². The molecule has 2 aromatic rings. The fourth-order valence-electron chi connectivity index (χ4n) is 3.72. The second-order valence-electron chi connectivity index (χ2n) is 6.61. The van der Waals surface area contributed by atoms with Gasteiger partial charge >= 0.3 is 0 Å². The predicted molar refractivity (Wildman–Crippen MR) is 94.7 cm³/mol. The maximum atomic E-state index is 5.46. The quantitative estimate of drug-likeness (QED) is 0.863. The van der Waals surface area contributed by atoms with Gasteiger partial charge in [0.15, 0.2) is 0 Å². The van der Waals surface area contributed by atoms with Gasteiger partial charge in [0.2, 0.25) is 5.95 Å². The Hall–Kier alpha value is -2.08. The van der Waals surface area contributed by atoms with Crippen LogP contribution in [0.15, 0.2) is 30.3 Å². The number of anilines is 2. The number of hydrogen-bond acceptors (Lipinski definition) is 5. The van der Waals surface area contributed by atoms with Crippen molar-refractivity contribution in [2.24, 2.45) is 7.05 Å². The fraction of sp³-hybridized carbons (Fsp3) is 0.556. The van der Waals surface area contributed by atoms with Crippen molar-refractivity contribution >= 4 is 11.6 Å². The summed E-state index contributed by atoms with van der Waals surface area (Å²) in [5.41, 5.74) is 1.30. The number of nitrogens with zero attached hydrogens (tertiary/aromatic N) is 5. The number of ether oxygens (including phenoxy) is 1. The summed E-state index contributed by atoms with van der Waals surface area (Å²) in [6.07, 6.45) is 2.10.